The molecule has 0 unspecified atom stereocenters. The lowest BCUT2D eigenvalue weighted by molar-refractivity contribution is 0.0701. The first-order valence-corrected chi connectivity index (χ1v) is 6.77. The van der Waals surface area contributed by atoms with Gasteiger partial charge in [0.1, 0.15) is 4.88 Å². The Kier molecular flexibility index (Phi) is 4.24. The summed E-state index contributed by atoms with van der Waals surface area (Å²) in [5.74, 6) is 0.382. The Hall–Kier alpha value is -2.08. The van der Waals surface area contributed by atoms with Gasteiger partial charge >= 0.3 is 5.97 Å². The Balaban J connectivity index is 2.26. The van der Waals surface area contributed by atoms with Gasteiger partial charge in [0.25, 0.3) is 0 Å². The summed E-state index contributed by atoms with van der Waals surface area (Å²) in [6, 6.07) is 5.61. The molecule has 20 heavy (non-hydrogen) atoms. The van der Waals surface area contributed by atoms with Crippen molar-refractivity contribution in [1.82, 2.24) is 4.98 Å². The van der Waals surface area contributed by atoms with Gasteiger partial charge in [-0.3, -0.25) is 0 Å². The van der Waals surface area contributed by atoms with Crippen LogP contribution in [0, 0.1) is 6.92 Å². The van der Waals surface area contributed by atoms with Crippen molar-refractivity contribution in [2.24, 2.45) is 0 Å². The number of thiazole rings is 1. The maximum atomic E-state index is 11.0. The molecule has 0 atom stereocenters. The number of aryl methyl sites for hydroxylation is 1. The van der Waals surface area contributed by atoms with E-state index in [0.29, 0.717) is 28.5 Å². The van der Waals surface area contributed by atoms with Crippen LogP contribution in [0.3, 0.4) is 0 Å². The molecule has 1 N–H and O–H groups in total. The van der Waals surface area contributed by atoms with E-state index in [2.05, 4.69) is 4.98 Å². The molecule has 2 rings (SSSR count). The Morgan fingerprint density at radius 1 is 1.30 bits per heavy atom. The van der Waals surface area contributed by atoms with E-state index in [1.54, 1.807) is 21.1 Å². The number of rotatable bonds is 5. The molecular formula is C14H15NO4S. The van der Waals surface area contributed by atoms with Crippen molar-refractivity contribution in [2.45, 2.75) is 13.3 Å². The van der Waals surface area contributed by atoms with Crippen molar-refractivity contribution in [3.05, 3.63) is 39.3 Å². The standard InChI is InChI=1S/C14H15NO4S/c1-8-13(14(16)17)20-12(15-8)7-9-4-5-10(18-2)11(6-9)19-3/h4-6H,7H2,1-3H3,(H,16,17). The van der Waals surface area contributed by atoms with Crippen LogP contribution < -0.4 is 9.47 Å². The number of carboxylic acid groups (broad SMARTS) is 1. The van der Waals surface area contributed by atoms with Crippen LogP contribution in [0.15, 0.2) is 18.2 Å². The Morgan fingerprint density at radius 2 is 2.00 bits per heavy atom. The van der Waals surface area contributed by atoms with Crippen LogP contribution in [0.25, 0.3) is 0 Å². The zero-order valence-corrected chi connectivity index (χ0v) is 12.3. The van der Waals surface area contributed by atoms with Crippen molar-refractivity contribution in [1.29, 1.82) is 0 Å². The topological polar surface area (TPSA) is 68.7 Å². The average Bonchev–Trinajstić information content (AvgIpc) is 2.79. The SMILES string of the molecule is COc1ccc(Cc2nc(C)c(C(=O)O)s2)cc1OC. The molecule has 0 spiro atoms. The zero-order chi connectivity index (χ0) is 14.7. The predicted octanol–water partition coefficient (Wildman–Crippen LogP) is 2.76. The first-order chi connectivity index (χ1) is 9.55. The second kappa shape index (κ2) is 5.92. The van der Waals surface area contributed by atoms with Gasteiger partial charge in [-0.25, -0.2) is 9.78 Å². The van der Waals surface area contributed by atoms with Crippen LogP contribution in [0.2, 0.25) is 0 Å². The minimum atomic E-state index is -0.932. The number of ether oxygens (including phenoxy) is 2. The molecule has 1 aromatic carbocycles. The fraction of sp³-hybridized carbons (Fsp3) is 0.286. The third-order valence-electron chi connectivity index (χ3n) is 2.84. The fourth-order valence-corrected chi connectivity index (χ4v) is 2.83. The molecule has 0 aliphatic rings. The summed E-state index contributed by atoms with van der Waals surface area (Å²) in [6.45, 7) is 1.71. The Morgan fingerprint density at radius 3 is 2.55 bits per heavy atom. The quantitative estimate of drug-likeness (QED) is 0.918. The Labute approximate surface area is 120 Å². The highest BCUT2D eigenvalue weighted by atomic mass is 32.1. The summed E-state index contributed by atoms with van der Waals surface area (Å²) in [4.78, 5) is 15.6. The molecule has 0 amide bonds. The van der Waals surface area contributed by atoms with Crippen LogP contribution in [0.5, 0.6) is 11.5 Å². The molecule has 0 bridgehead atoms. The van der Waals surface area contributed by atoms with Crippen molar-refractivity contribution < 1.29 is 19.4 Å². The highest BCUT2D eigenvalue weighted by molar-refractivity contribution is 7.13. The van der Waals surface area contributed by atoms with Crippen LogP contribution in [-0.2, 0) is 6.42 Å². The molecule has 0 fully saturated rings. The average molecular weight is 293 g/mol. The van der Waals surface area contributed by atoms with E-state index < -0.39 is 5.97 Å². The van der Waals surface area contributed by atoms with Crippen molar-refractivity contribution in [3.63, 3.8) is 0 Å². The van der Waals surface area contributed by atoms with Gasteiger partial charge in [0.15, 0.2) is 11.5 Å². The van der Waals surface area contributed by atoms with Crippen LogP contribution in [0.1, 0.15) is 25.9 Å². The summed E-state index contributed by atoms with van der Waals surface area (Å²) >= 11 is 1.20. The fourth-order valence-electron chi connectivity index (χ4n) is 1.89. The number of benzene rings is 1. The van der Waals surface area contributed by atoms with Gasteiger partial charge in [0.05, 0.1) is 24.9 Å². The van der Waals surface area contributed by atoms with Crippen molar-refractivity contribution in [2.75, 3.05) is 14.2 Å². The first kappa shape index (κ1) is 14.3. The molecule has 2 aromatic rings. The molecule has 1 aromatic heterocycles. The van der Waals surface area contributed by atoms with Crippen molar-refractivity contribution >= 4 is 17.3 Å². The summed E-state index contributed by atoms with van der Waals surface area (Å²) < 4.78 is 10.4. The molecule has 106 valence electrons. The maximum absolute atomic E-state index is 11.0. The summed E-state index contributed by atoms with van der Waals surface area (Å²) in [5.41, 5.74) is 1.55. The minimum Gasteiger partial charge on any atom is -0.493 e. The van der Waals surface area contributed by atoms with E-state index in [1.807, 2.05) is 18.2 Å². The summed E-state index contributed by atoms with van der Waals surface area (Å²) in [5, 5.41) is 9.80. The number of aromatic nitrogens is 1. The molecule has 0 aliphatic heterocycles. The Bertz CT molecular complexity index is 636. The van der Waals surface area contributed by atoms with E-state index in [9.17, 15) is 4.79 Å². The number of carboxylic acids is 1. The number of carbonyl (C=O) groups is 1. The van der Waals surface area contributed by atoms with Crippen LogP contribution >= 0.6 is 11.3 Å². The molecule has 6 heteroatoms. The normalized spacial score (nSPS) is 10.3. The predicted molar refractivity (Wildman–Crippen MR) is 76.2 cm³/mol. The minimum absolute atomic E-state index is 0.292. The van der Waals surface area contributed by atoms with E-state index in [0.717, 1.165) is 10.6 Å². The second-order valence-corrected chi connectivity index (χ2v) is 5.28. The van der Waals surface area contributed by atoms with E-state index in [1.165, 1.54) is 11.3 Å². The highest BCUT2D eigenvalue weighted by Gasteiger charge is 2.14. The second-order valence-electron chi connectivity index (χ2n) is 4.19. The molecule has 5 nitrogen and oxygen atoms in total. The molecule has 0 saturated heterocycles. The number of methoxy groups -OCH3 is 2. The van der Waals surface area contributed by atoms with Crippen LogP contribution in [0.4, 0.5) is 0 Å². The summed E-state index contributed by atoms with van der Waals surface area (Å²) in [6.07, 6.45) is 0.569. The van der Waals surface area contributed by atoms with Crippen molar-refractivity contribution in [3.8, 4) is 11.5 Å². The van der Waals surface area contributed by atoms with Gasteiger partial charge in [-0.2, -0.15) is 0 Å². The lowest BCUT2D eigenvalue weighted by atomic mass is 10.1. The van der Waals surface area contributed by atoms with E-state index in [4.69, 9.17) is 14.6 Å². The van der Waals surface area contributed by atoms with Gasteiger partial charge < -0.3 is 14.6 Å². The van der Waals surface area contributed by atoms with Gasteiger partial charge in [-0.05, 0) is 24.6 Å². The van der Waals surface area contributed by atoms with Gasteiger partial charge in [0, 0.05) is 6.42 Å². The zero-order valence-electron chi connectivity index (χ0n) is 11.5. The lowest BCUT2D eigenvalue weighted by Crippen LogP contribution is -1.94. The first-order valence-electron chi connectivity index (χ1n) is 5.95. The number of nitrogens with zero attached hydrogens (tertiary/aromatic N) is 1. The molecular weight excluding hydrogens is 278 g/mol. The van der Waals surface area contributed by atoms with Gasteiger partial charge in [-0.15, -0.1) is 11.3 Å². The number of hydrogen-bond donors (Lipinski definition) is 1. The largest absolute Gasteiger partial charge is 0.493 e. The maximum Gasteiger partial charge on any atom is 0.347 e. The van der Waals surface area contributed by atoms with Crippen LogP contribution in [-0.4, -0.2) is 30.3 Å². The summed E-state index contributed by atoms with van der Waals surface area (Å²) in [7, 11) is 3.17. The van der Waals surface area contributed by atoms with Gasteiger partial charge in [0.2, 0.25) is 0 Å². The van der Waals surface area contributed by atoms with E-state index in [-0.39, 0.29) is 0 Å². The highest BCUT2D eigenvalue weighted by Crippen LogP contribution is 2.29. The van der Waals surface area contributed by atoms with Gasteiger partial charge in [-0.1, -0.05) is 6.07 Å². The number of hydrogen-bond acceptors (Lipinski definition) is 5. The van der Waals surface area contributed by atoms with E-state index >= 15 is 0 Å². The molecule has 1 heterocycles. The third kappa shape index (κ3) is 2.91. The molecule has 0 radical (unpaired) electrons. The smallest absolute Gasteiger partial charge is 0.347 e. The molecule has 0 aliphatic carbocycles. The molecule has 0 saturated carbocycles. The monoisotopic (exact) mass is 293 g/mol. The number of aromatic carboxylic acids is 1. The third-order valence-corrected chi connectivity index (χ3v) is 3.98. The lowest BCUT2D eigenvalue weighted by Gasteiger charge is -2.08.